The van der Waals surface area contributed by atoms with Gasteiger partial charge >= 0.3 is 0 Å². The summed E-state index contributed by atoms with van der Waals surface area (Å²) < 4.78 is 0. The van der Waals surface area contributed by atoms with Gasteiger partial charge in [0.1, 0.15) is 0 Å². The summed E-state index contributed by atoms with van der Waals surface area (Å²) in [5.41, 5.74) is 2.43. The molecule has 1 aliphatic carbocycles. The lowest BCUT2D eigenvalue weighted by Crippen LogP contribution is -2.49. The highest BCUT2D eigenvalue weighted by molar-refractivity contribution is 5.12. The summed E-state index contributed by atoms with van der Waals surface area (Å²) in [6, 6.07) is 8.05. The predicted molar refractivity (Wildman–Crippen MR) is 84.0 cm³/mol. The Bertz CT molecular complexity index is 485. The smallest absolute Gasteiger partial charge is 0.0547 e. The van der Waals surface area contributed by atoms with Crippen LogP contribution in [0.4, 0.5) is 0 Å². The van der Waals surface area contributed by atoms with Gasteiger partial charge in [0.15, 0.2) is 0 Å². The molecule has 4 heteroatoms. The highest BCUT2D eigenvalue weighted by Gasteiger charge is 2.30. The summed E-state index contributed by atoms with van der Waals surface area (Å²) in [4.78, 5) is 10.1. The van der Waals surface area contributed by atoms with Crippen LogP contribution >= 0.6 is 0 Å². The van der Waals surface area contributed by atoms with Gasteiger partial charge in [0.2, 0.25) is 0 Å². The first-order valence-electron chi connectivity index (χ1n) is 8.51. The van der Waals surface area contributed by atoms with Crippen LogP contribution in [0.15, 0.2) is 18.2 Å². The zero-order valence-corrected chi connectivity index (χ0v) is 12.8. The van der Waals surface area contributed by atoms with E-state index in [0.29, 0.717) is 0 Å². The second-order valence-electron chi connectivity index (χ2n) is 6.84. The first-order valence-corrected chi connectivity index (χ1v) is 8.51. The molecule has 1 aromatic heterocycles. The maximum atomic E-state index is 4.83. The molecule has 0 spiro atoms. The molecule has 1 N–H and O–H groups in total. The Morgan fingerprint density at radius 3 is 2.90 bits per heavy atom. The van der Waals surface area contributed by atoms with Crippen molar-refractivity contribution in [2.24, 2.45) is 0 Å². The monoisotopic (exact) mass is 286 g/mol. The summed E-state index contributed by atoms with van der Waals surface area (Å²) in [7, 11) is 0. The predicted octanol–water partition coefficient (Wildman–Crippen LogP) is 1.61. The highest BCUT2D eigenvalue weighted by Crippen LogP contribution is 2.22. The molecule has 3 fully saturated rings. The second kappa shape index (κ2) is 6.03. The van der Waals surface area contributed by atoms with Crippen LogP contribution in [0.25, 0.3) is 0 Å². The van der Waals surface area contributed by atoms with E-state index in [9.17, 15) is 0 Å². The van der Waals surface area contributed by atoms with Crippen molar-refractivity contribution in [3.05, 3.63) is 29.6 Å². The Balaban J connectivity index is 1.34. The Labute approximate surface area is 127 Å². The first-order chi connectivity index (χ1) is 10.4. The molecule has 1 aromatic rings. The maximum Gasteiger partial charge on any atom is 0.0547 e. The Morgan fingerprint density at radius 2 is 2.00 bits per heavy atom. The molecule has 0 radical (unpaired) electrons. The minimum atomic E-state index is 0.755. The Kier molecular flexibility index (Phi) is 3.93. The van der Waals surface area contributed by atoms with Crippen LogP contribution in [0.1, 0.15) is 37.1 Å². The Morgan fingerprint density at radius 1 is 1.10 bits per heavy atom. The van der Waals surface area contributed by atoms with E-state index in [2.05, 4.69) is 33.3 Å². The van der Waals surface area contributed by atoms with Crippen LogP contribution < -0.4 is 5.32 Å². The van der Waals surface area contributed by atoms with Crippen molar-refractivity contribution in [2.75, 3.05) is 26.2 Å². The molecule has 4 nitrogen and oxygen atoms in total. The van der Waals surface area contributed by atoms with E-state index in [-0.39, 0.29) is 0 Å². The third-order valence-corrected chi connectivity index (χ3v) is 5.07. The van der Waals surface area contributed by atoms with Crippen LogP contribution in [0.2, 0.25) is 0 Å². The second-order valence-corrected chi connectivity index (χ2v) is 6.84. The van der Waals surface area contributed by atoms with Gasteiger partial charge in [0.25, 0.3) is 0 Å². The zero-order valence-electron chi connectivity index (χ0n) is 12.8. The molecule has 2 saturated heterocycles. The molecular weight excluding hydrogens is 260 g/mol. The molecule has 4 rings (SSSR count). The van der Waals surface area contributed by atoms with E-state index in [1.165, 1.54) is 63.3 Å². The van der Waals surface area contributed by atoms with Crippen molar-refractivity contribution in [3.8, 4) is 0 Å². The van der Waals surface area contributed by atoms with Gasteiger partial charge in [-0.3, -0.25) is 14.8 Å². The number of hydrogen-bond acceptors (Lipinski definition) is 4. The lowest BCUT2D eigenvalue weighted by Gasteiger charge is -2.37. The van der Waals surface area contributed by atoms with Crippen molar-refractivity contribution in [3.63, 3.8) is 0 Å². The van der Waals surface area contributed by atoms with Crippen molar-refractivity contribution in [1.29, 1.82) is 0 Å². The fourth-order valence-electron chi connectivity index (χ4n) is 3.68. The van der Waals surface area contributed by atoms with Crippen LogP contribution in [-0.2, 0) is 13.1 Å². The summed E-state index contributed by atoms with van der Waals surface area (Å²) in [5, 5.41) is 3.55. The molecule has 114 valence electrons. The maximum absolute atomic E-state index is 4.83. The lowest BCUT2D eigenvalue weighted by molar-refractivity contribution is 0.0984. The Hall–Kier alpha value is -0.970. The number of pyridine rings is 1. The van der Waals surface area contributed by atoms with Gasteiger partial charge in [-0.15, -0.1) is 0 Å². The summed E-state index contributed by atoms with van der Waals surface area (Å²) in [6.07, 6.45) is 5.45. The average molecular weight is 286 g/mol. The minimum absolute atomic E-state index is 0.755. The molecular formula is C17H26N4. The van der Waals surface area contributed by atoms with Gasteiger partial charge in [-0.05, 0) is 44.4 Å². The van der Waals surface area contributed by atoms with Crippen molar-refractivity contribution >= 4 is 0 Å². The molecule has 0 aromatic carbocycles. The van der Waals surface area contributed by atoms with Gasteiger partial charge in [0, 0.05) is 44.8 Å². The molecule has 0 bridgehead atoms. The molecule has 1 saturated carbocycles. The number of nitrogens with one attached hydrogen (secondary N) is 1. The summed E-state index contributed by atoms with van der Waals surface area (Å²) >= 11 is 0. The quantitative estimate of drug-likeness (QED) is 0.891. The topological polar surface area (TPSA) is 31.4 Å². The van der Waals surface area contributed by atoms with E-state index >= 15 is 0 Å². The normalized spacial score (nSPS) is 27.0. The average Bonchev–Trinajstić information content (AvgIpc) is 3.22. The first kappa shape index (κ1) is 13.7. The zero-order chi connectivity index (χ0) is 14.1. The SMILES string of the molecule is c1cc(CNC2CC2)nc(CN2CCN3CCCC3C2)c1. The van der Waals surface area contributed by atoms with Gasteiger partial charge in [-0.25, -0.2) is 0 Å². The lowest BCUT2D eigenvalue weighted by atomic mass is 10.1. The number of hydrogen-bond donors (Lipinski definition) is 1. The van der Waals surface area contributed by atoms with E-state index in [1.54, 1.807) is 0 Å². The van der Waals surface area contributed by atoms with Crippen molar-refractivity contribution < 1.29 is 0 Å². The molecule has 3 aliphatic rings. The minimum Gasteiger partial charge on any atom is -0.308 e. The van der Waals surface area contributed by atoms with Crippen molar-refractivity contribution in [1.82, 2.24) is 20.1 Å². The van der Waals surface area contributed by atoms with Crippen molar-refractivity contribution in [2.45, 2.75) is 50.9 Å². The fourth-order valence-corrected chi connectivity index (χ4v) is 3.68. The van der Waals surface area contributed by atoms with E-state index in [4.69, 9.17) is 4.98 Å². The molecule has 1 atom stereocenters. The van der Waals surface area contributed by atoms with Gasteiger partial charge in [-0.1, -0.05) is 6.07 Å². The molecule has 2 aliphatic heterocycles. The van der Waals surface area contributed by atoms with Gasteiger partial charge in [-0.2, -0.15) is 0 Å². The van der Waals surface area contributed by atoms with Crippen LogP contribution in [0.5, 0.6) is 0 Å². The van der Waals surface area contributed by atoms with Crippen LogP contribution in [0, 0.1) is 0 Å². The standard InChI is InChI=1S/C17H26N4/c1-3-15(11-18-14-6-7-14)19-16(4-1)12-20-9-10-21-8-2-5-17(21)13-20/h1,3-4,14,17-18H,2,5-13H2. The van der Waals surface area contributed by atoms with Gasteiger partial charge < -0.3 is 5.32 Å². The number of fused-ring (bicyclic) bond motifs is 1. The van der Waals surface area contributed by atoms with E-state index in [1.807, 2.05) is 0 Å². The number of aromatic nitrogens is 1. The molecule has 1 unspecified atom stereocenters. The number of nitrogens with zero attached hydrogens (tertiary/aromatic N) is 3. The van der Waals surface area contributed by atoms with Crippen LogP contribution in [0.3, 0.4) is 0 Å². The largest absolute Gasteiger partial charge is 0.308 e. The van der Waals surface area contributed by atoms with E-state index in [0.717, 1.165) is 25.2 Å². The van der Waals surface area contributed by atoms with Gasteiger partial charge in [0.05, 0.1) is 11.4 Å². The fraction of sp³-hybridized carbons (Fsp3) is 0.706. The summed E-state index contributed by atoms with van der Waals surface area (Å²) in [5.74, 6) is 0. The van der Waals surface area contributed by atoms with E-state index < -0.39 is 0 Å². The van der Waals surface area contributed by atoms with Crippen LogP contribution in [-0.4, -0.2) is 53.0 Å². The molecule has 0 amide bonds. The highest BCUT2D eigenvalue weighted by atomic mass is 15.3. The number of piperazine rings is 1. The summed E-state index contributed by atoms with van der Waals surface area (Å²) in [6.45, 7) is 6.93. The number of rotatable bonds is 5. The third-order valence-electron chi connectivity index (χ3n) is 5.07. The molecule has 3 heterocycles. The molecule has 21 heavy (non-hydrogen) atoms. The third kappa shape index (κ3) is 3.44.